The first-order chi connectivity index (χ1) is 5.00. The standard InChI is InChI=1S/C4H8O2S.C3H9N.HI/c1-4(5)6-2-3-7;1-4(2)3;/h7H,2-3H2,1H3;1-3H3;1H. The average molecular weight is 307 g/mol. The predicted molar refractivity (Wildman–Crippen MR) is 65.5 cm³/mol. The maximum Gasteiger partial charge on any atom is 0.302 e. The molecule has 0 bridgehead atoms. The molecule has 0 aromatic rings. The Kier molecular flexibility index (Phi) is 21.5. The van der Waals surface area contributed by atoms with E-state index in [2.05, 4.69) is 17.4 Å². The summed E-state index contributed by atoms with van der Waals surface area (Å²) in [6, 6.07) is 0. The molecule has 12 heavy (non-hydrogen) atoms. The van der Waals surface area contributed by atoms with Crippen LogP contribution in [-0.4, -0.2) is 44.4 Å². The molecule has 5 heteroatoms. The molecule has 3 nitrogen and oxygen atoms in total. The van der Waals surface area contributed by atoms with Crippen LogP contribution in [0.1, 0.15) is 6.92 Å². The number of hydrogen-bond donors (Lipinski definition) is 1. The molecule has 0 heterocycles. The lowest BCUT2D eigenvalue weighted by Gasteiger charge is -1.93. The van der Waals surface area contributed by atoms with Crippen LogP contribution in [0.3, 0.4) is 0 Å². The second-order valence-corrected chi connectivity index (χ2v) is 2.85. The summed E-state index contributed by atoms with van der Waals surface area (Å²) in [6.07, 6.45) is 0. The van der Waals surface area contributed by atoms with Crippen LogP contribution < -0.4 is 0 Å². The van der Waals surface area contributed by atoms with Crippen molar-refractivity contribution in [1.29, 1.82) is 0 Å². The molecule has 0 aliphatic rings. The number of hydrogen-bond acceptors (Lipinski definition) is 4. The summed E-state index contributed by atoms with van der Waals surface area (Å²) >= 11 is 3.82. The van der Waals surface area contributed by atoms with Crippen LogP contribution in [0.2, 0.25) is 0 Å². The van der Waals surface area contributed by atoms with Gasteiger partial charge in [0, 0.05) is 12.7 Å². The van der Waals surface area contributed by atoms with Gasteiger partial charge in [0.15, 0.2) is 0 Å². The Morgan fingerprint density at radius 3 is 1.83 bits per heavy atom. The van der Waals surface area contributed by atoms with E-state index in [1.54, 1.807) is 0 Å². The summed E-state index contributed by atoms with van der Waals surface area (Å²) < 4.78 is 4.48. The smallest absolute Gasteiger partial charge is 0.302 e. The van der Waals surface area contributed by atoms with Crippen molar-refractivity contribution in [2.75, 3.05) is 33.5 Å². The van der Waals surface area contributed by atoms with Gasteiger partial charge < -0.3 is 9.64 Å². The quantitative estimate of drug-likeness (QED) is 0.473. The first kappa shape index (κ1) is 18.3. The first-order valence-corrected chi connectivity index (χ1v) is 3.99. The van der Waals surface area contributed by atoms with E-state index in [4.69, 9.17) is 0 Å². The lowest BCUT2D eigenvalue weighted by atomic mass is 10.8. The number of ether oxygens (including phenoxy) is 1. The van der Waals surface area contributed by atoms with Crippen molar-refractivity contribution in [2.24, 2.45) is 0 Å². The molecule has 0 spiro atoms. The zero-order valence-electron chi connectivity index (χ0n) is 8.03. The predicted octanol–water partition coefficient (Wildman–Crippen LogP) is 1.28. The second kappa shape index (κ2) is 14.1. The molecule has 0 aliphatic heterocycles. The molecule has 0 rings (SSSR count). The van der Waals surface area contributed by atoms with Gasteiger partial charge in [-0.15, -0.1) is 24.0 Å². The fraction of sp³-hybridized carbons (Fsp3) is 0.857. The summed E-state index contributed by atoms with van der Waals surface area (Å²) in [4.78, 5) is 11.9. The molecule has 0 fully saturated rings. The SMILES string of the molecule is CC(=O)OCCS.CN(C)C.I. The maximum absolute atomic E-state index is 9.95. The van der Waals surface area contributed by atoms with Crippen molar-refractivity contribution in [3.05, 3.63) is 0 Å². The number of esters is 1. The van der Waals surface area contributed by atoms with Crippen LogP contribution in [0, 0.1) is 0 Å². The largest absolute Gasteiger partial charge is 0.465 e. The fourth-order valence-corrected chi connectivity index (χ4v) is 0.281. The van der Waals surface area contributed by atoms with Gasteiger partial charge in [0.2, 0.25) is 0 Å². The molecular weight excluding hydrogens is 289 g/mol. The van der Waals surface area contributed by atoms with E-state index in [9.17, 15) is 4.79 Å². The van der Waals surface area contributed by atoms with Gasteiger partial charge >= 0.3 is 5.97 Å². The third-order valence-corrected chi connectivity index (χ3v) is 0.579. The third-order valence-electron chi connectivity index (χ3n) is 0.397. The van der Waals surface area contributed by atoms with Crippen LogP contribution in [0.25, 0.3) is 0 Å². The summed E-state index contributed by atoms with van der Waals surface area (Å²) in [7, 11) is 6.00. The van der Waals surface area contributed by atoms with Gasteiger partial charge in [0.1, 0.15) is 6.61 Å². The molecule has 0 atom stereocenters. The number of rotatable bonds is 2. The summed E-state index contributed by atoms with van der Waals surface area (Å²) in [5.41, 5.74) is 0. The van der Waals surface area contributed by atoms with E-state index in [1.165, 1.54) is 6.92 Å². The van der Waals surface area contributed by atoms with Crippen molar-refractivity contribution >= 4 is 42.6 Å². The normalized spacial score (nSPS) is 7.83. The molecule has 0 amide bonds. The maximum atomic E-state index is 9.95. The van der Waals surface area contributed by atoms with Crippen LogP contribution in [0.15, 0.2) is 0 Å². The Labute approximate surface area is 97.3 Å². The molecule has 0 aromatic heterocycles. The monoisotopic (exact) mass is 307 g/mol. The molecule has 0 N–H and O–H groups in total. The van der Waals surface area contributed by atoms with Gasteiger partial charge in [-0.3, -0.25) is 4.79 Å². The van der Waals surface area contributed by atoms with Crippen molar-refractivity contribution in [1.82, 2.24) is 4.90 Å². The zero-order valence-corrected chi connectivity index (χ0v) is 11.3. The molecule has 0 saturated carbocycles. The molecular formula is C7H18INO2S. The third kappa shape index (κ3) is 46.7. The van der Waals surface area contributed by atoms with Crippen molar-refractivity contribution in [2.45, 2.75) is 6.92 Å². The lowest BCUT2D eigenvalue weighted by Crippen LogP contribution is -2.00. The Balaban J connectivity index is -0.000000142. The van der Waals surface area contributed by atoms with E-state index in [-0.39, 0.29) is 29.9 Å². The summed E-state index contributed by atoms with van der Waals surface area (Å²) in [5.74, 6) is 0.355. The van der Waals surface area contributed by atoms with Crippen LogP contribution in [-0.2, 0) is 9.53 Å². The van der Waals surface area contributed by atoms with Crippen molar-refractivity contribution < 1.29 is 9.53 Å². The topological polar surface area (TPSA) is 29.5 Å². The number of carbonyl (C=O) groups excluding carboxylic acids is 1. The van der Waals surface area contributed by atoms with E-state index >= 15 is 0 Å². The highest BCUT2D eigenvalue weighted by molar-refractivity contribution is 14.0. The fourth-order valence-electron chi connectivity index (χ4n) is 0.189. The number of nitrogens with zero attached hydrogens (tertiary/aromatic N) is 1. The van der Waals surface area contributed by atoms with Gasteiger partial charge in [-0.05, 0) is 21.1 Å². The molecule has 0 unspecified atom stereocenters. The van der Waals surface area contributed by atoms with Crippen LogP contribution in [0.5, 0.6) is 0 Å². The first-order valence-electron chi connectivity index (χ1n) is 3.35. The Hall–Kier alpha value is 0.510. The van der Waals surface area contributed by atoms with Gasteiger partial charge in [0.05, 0.1) is 0 Å². The number of halogens is 1. The van der Waals surface area contributed by atoms with E-state index in [0.29, 0.717) is 12.4 Å². The van der Waals surface area contributed by atoms with Crippen LogP contribution in [0.4, 0.5) is 0 Å². The lowest BCUT2D eigenvalue weighted by molar-refractivity contribution is -0.140. The van der Waals surface area contributed by atoms with Gasteiger partial charge in [-0.25, -0.2) is 0 Å². The van der Waals surface area contributed by atoms with Crippen molar-refractivity contribution in [3.8, 4) is 0 Å². The minimum absolute atomic E-state index is 0. The molecule has 0 aromatic carbocycles. The number of carbonyl (C=O) groups is 1. The van der Waals surface area contributed by atoms with Gasteiger partial charge in [-0.1, -0.05) is 0 Å². The van der Waals surface area contributed by atoms with Crippen LogP contribution >= 0.6 is 36.6 Å². The van der Waals surface area contributed by atoms with E-state index in [0.717, 1.165) is 0 Å². The molecule has 0 radical (unpaired) electrons. The minimum Gasteiger partial charge on any atom is -0.465 e. The van der Waals surface area contributed by atoms with E-state index < -0.39 is 0 Å². The highest BCUT2D eigenvalue weighted by Gasteiger charge is 1.85. The van der Waals surface area contributed by atoms with E-state index in [1.807, 2.05) is 26.0 Å². The van der Waals surface area contributed by atoms with Gasteiger partial charge in [0.25, 0.3) is 0 Å². The molecule has 0 aliphatic carbocycles. The highest BCUT2D eigenvalue weighted by Crippen LogP contribution is 1.77. The second-order valence-electron chi connectivity index (χ2n) is 2.41. The number of thiol groups is 1. The van der Waals surface area contributed by atoms with Crippen molar-refractivity contribution in [3.63, 3.8) is 0 Å². The molecule has 0 saturated heterocycles. The zero-order chi connectivity index (χ0) is 9.28. The Morgan fingerprint density at radius 1 is 1.42 bits per heavy atom. The average Bonchev–Trinajstić information content (AvgIpc) is 1.82. The Morgan fingerprint density at radius 2 is 1.75 bits per heavy atom. The molecule has 76 valence electrons. The Bertz CT molecular complexity index is 98.7. The highest BCUT2D eigenvalue weighted by atomic mass is 127. The van der Waals surface area contributed by atoms with Gasteiger partial charge in [-0.2, -0.15) is 12.6 Å². The summed E-state index contributed by atoms with van der Waals surface area (Å²) in [5, 5.41) is 0. The minimum atomic E-state index is -0.242. The summed E-state index contributed by atoms with van der Waals surface area (Å²) in [6.45, 7) is 1.79.